The number of aromatic nitrogens is 3. The molecule has 3 aromatic heterocycles. The molecule has 3 heterocycles. The summed E-state index contributed by atoms with van der Waals surface area (Å²) in [7, 11) is 1.97. The van der Waals surface area contributed by atoms with Gasteiger partial charge in [-0.1, -0.05) is 18.2 Å². The number of amides is 4. The molecule has 0 aliphatic carbocycles. The number of pyridine rings is 2. The van der Waals surface area contributed by atoms with Crippen LogP contribution in [0.2, 0.25) is 0 Å². The average Bonchev–Trinajstić information content (AvgIpc) is 3.38. The third-order valence-electron chi connectivity index (χ3n) is 7.01. The lowest BCUT2D eigenvalue weighted by atomic mass is 10.0. The van der Waals surface area contributed by atoms with E-state index in [1.54, 1.807) is 6.20 Å². The fourth-order valence-corrected chi connectivity index (χ4v) is 4.71. The summed E-state index contributed by atoms with van der Waals surface area (Å²) in [6.45, 7) is 2.28. The summed E-state index contributed by atoms with van der Waals surface area (Å²) in [5.74, 6) is -1.95. The Morgan fingerprint density at radius 2 is 1.57 bits per heavy atom. The van der Waals surface area contributed by atoms with E-state index in [-0.39, 0.29) is 31.1 Å². The Hall–Kier alpha value is -5.06. The van der Waals surface area contributed by atoms with E-state index in [0.29, 0.717) is 13.1 Å². The predicted molar refractivity (Wildman–Crippen MR) is 156 cm³/mol. The third-order valence-corrected chi connectivity index (χ3v) is 7.01. The van der Waals surface area contributed by atoms with Crippen molar-refractivity contribution in [3.8, 4) is 11.1 Å². The first-order valence-electron chi connectivity index (χ1n) is 13.8. The number of fused-ring (bicyclic) bond motifs is 1. The van der Waals surface area contributed by atoms with E-state index in [1.807, 2.05) is 89.5 Å². The van der Waals surface area contributed by atoms with E-state index in [0.717, 1.165) is 27.6 Å². The van der Waals surface area contributed by atoms with Crippen molar-refractivity contribution in [2.45, 2.75) is 44.8 Å². The summed E-state index contributed by atoms with van der Waals surface area (Å²) in [6, 6.07) is 13.8. The smallest absolute Gasteiger partial charge is 0.243 e. The molecule has 4 amide bonds. The number of rotatable bonds is 13. The van der Waals surface area contributed by atoms with Crippen molar-refractivity contribution in [1.82, 2.24) is 20.9 Å². The Morgan fingerprint density at radius 1 is 0.905 bits per heavy atom. The molecule has 4 aromatic rings. The molecular formula is C31H37N7O4+2. The van der Waals surface area contributed by atoms with Crippen LogP contribution in [0.3, 0.4) is 0 Å². The number of nitrogens with zero attached hydrogens (tertiary/aromatic N) is 2. The third kappa shape index (κ3) is 8.23. The fraction of sp³-hybridized carbons (Fsp3) is 0.290. The number of carbonyl (C=O) groups excluding carboxylic acids is 4. The number of aryl methyl sites for hydroxylation is 1. The molecule has 1 aromatic carbocycles. The van der Waals surface area contributed by atoms with Crippen LogP contribution in [0.5, 0.6) is 0 Å². The molecule has 0 aliphatic rings. The number of primary amides is 1. The Bertz CT molecular complexity index is 1550. The standard InChI is InChI=1S/C31H35N7O4/c1-21(39)35-28(19-24-20-34-26-6-4-3-5-25(24)26)31(42)36-27(30(32)41)7-8-29(40)33-13-18-38-16-11-23(12-17-38)22-9-14-37(2)15-10-22/h3-6,9-12,14-17,20,27-28H,7-8,13,18-19H2,1-2H3,(H4-,32,33,35,36,39,40,41,42)/p+2/t27-,28-/m0/s1. The topological polar surface area (TPSA) is 154 Å². The Labute approximate surface area is 244 Å². The van der Waals surface area contributed by atoms with Gasteiger partial charge in [0.2, 0.25) is 23.6 Å². The van der Waals surface area contributed by atoms with E-state index >= 15 is 0 Å². The first-order valence-corrected chi connectivity index (χ1v) is 13.8. The van der Waals surface area contributed by atoms with E-state index in [9.17, 15) is 19.2 Å². The molecule has 4 rings (SSSR count). The molecule has 0 fully saturated rings. The second-order valence-electron chi connectivity index (χ2n) is 10.2. The van der Waals surface area contributed by atoms with Crippen LogP contribution in [0.1, 0.15) is 25.3 Å². The SMILES string of the molecule is CC(=O)N[C@@H](Cc1c[nH]c2ccccc12)C(=O)N[C@@H](CCC(=O)NCC[n+]1ccc(-c2cc[n+](C)cc2)cc1)C(N)=O. The van der Waals surface area contributed by atoms with Crippen LogP contribution in [0.25, 0.3) is 22.0 Å². The molecule has 0 spiro atoms. The van der Waals surface area contributed by atoms with Gasteiger partial charge in [-0.15, -0.1) is 0 Å². The zero-order valence-electron chi connectivity index (χ0n) is 23.8. The molecule has 2 atom stereocenters. The van der Waals surface area contributed by atoms with Crippen molar-refractivity contribution in [3.63, 3.8) is 0 Å². The maximum absolute atomic E-state index is 13.1. The van der Waals surface area contributed by atoms with Crippen molar-refractivity contribution in [2.24, 2.45) is 12.8 Å². The quantitative estimate of drug-likeness (QED) is 0.149. The molecule has 0 saturated carbocycles. The van der Waals surface area contributed by atoms with Gasteiger partial charge in [0.15, 0.2) is 31.3 Å². The molecule has 11 heteroatoms. The van der Waals surface area contributed by atoms with Gasteiger partial charge in [-0.25, -0.2) is 9.13 Å². The largest absolute Gasteiger partial charge is 0.368 e. The van der Waals surface area contributed by atoms with Gasteiger partial charge >= 0.3 is 0 Å². The molecule has 6 N–H and O–H groups in total. The van der Waals surface area contributed by atoms with Gasteiger partial charge in [-0.2, -0.15) is 0 Å². The number of hydrogen-bond donors (Lipinski definition) is 5. The van der Waals surface area contributed by atoms with Gasteiger partial charge in [0, 0.05) is 61.1 Å². The number of hydrogen-bond acceptors (Lipinski definition) is 4. The minimum atomic E-state index is -1.07. The number of aromatic amines is 1. The zero-order valence-corrected chi connectivity index (χ0v) is 23.8. The maximum Gasteiger partial charge on any atom is 0.243 e. The van der Waals surface area contributed by atoms with Gasteiger partial charge in [0.25, 0.3) is 0 Å². The highest BCUT2D eigenvalue weighted by Crippen LogP contribution is 2.19. The predicted octanol–water partition coefficient (Wildman–Crippen LogP) is 0.561. The molecule has 0 aliphatic heterocycles. The minimum absolute atomic E-state index is 0.00379. The lowest BCUT2D eigenvalue weighted by molar-refractivity contribution is -0.694. The zero-order chi connectivity index (χ0) is 30.1. The van der Waals surface area contributed by atoms with Gasteiger partial charge in [-0.3, -0.25) is 19.2 Å². The highest BCUT2D eigenvalue weighted by Gasteiger charge is 2.26. The van der Waals surface area contributed by atoms with Crippen LogP contribution in [-0.4, -0.2) is 47.2 Å². The first-order chi connectivity index (χ1) is 20.2. The van der Waals surface area contributed by atoms with E-state index in [4.69, 9.17) is 5.73 Å². The maximum atomic E-state index is 13.1. The highest BCUT2D eigenvalue weighted by molar-refractivity contribution is 5.92. The normalized spacial score (nSPS) is 12.3. The number of para-hydroxylation sites is 1. The summed E-state index contributed by atoms with van der Waals surface area (Å²) in [6.07, 6.45) is 9.92. The van der Waals surface area contributed by atoms with Gasteiger partial charge in [0.05, 0.1) is 6.54 Å². The summed E-state index contributed by atoms with van der Waals surface area (Å²) < 4.78 is 3.94. The van der Waals surface area contributed by atoms with Crippen LogP contribution in [0.4, 0.5) is 0 Å². The van der Waals surface area contributed by atoms with E-state index in [1.165, 1.54) is 6.92 Å². The molecular weight excluding hydrogens is 534 g/mol. The van der Waals surface area contributed by atoms with Crippen molar-refractivity contribution >= 4 is 34.5 Å². The lowest BCUT2D eigenvalue weighted by Crippen LogP contribution is -2.53. The van der Waals surface area contributed by atoms with Crippen molar-refractivity contribution in [2.75, 3.05) is 6.54 Å². The van der Waals surface area contributed by atoms with Crippen LogP contribution in [-0.2, 0) is 39.2 Å². The van der Waals surface area contributed by atoms with Crippen LogP contribution >= 0.6 is 0 Å². The van der Waals surface area contributed by atoms with Gasteiger partial charge in [0.1, 0.15) is 19.1 Å². The van der Waals surface area contributed by atoms with E-state index < -0.39 is 23.9 Å². The van der Waals surface area contributed by atoms with Crippen molar-refractivity contribution in [1.29, 1.82) is 0 Å². The van der Waals surface area contributed by atoms with Crippen LogP contribution < -0.4 is 30.8 Å². The molecule has 0 unspecified atom stereocenters. The Morgan fingerprint density at radius 3 is 2.24 bits per heavy atom. The number of nitrogens with two attached hydrogens (primary N) is 1. The van der Waals surface area contributed by atoms with Crippen molar-refractivity contribution < 1.29 is 28.3 Å². The number of benzene rings is 1. The summed E-state index contributed by atoms with van der Waals surface area (Å²) in [5.41, 5.74) is 9.50. The van der Waals surface area contributed by atoms with Crippen molar-refractivity contribution in [3.05, 3.63) is 85.1 Å². The second kappa shape index (κ2) is 14.0. The summed E-state index contributed by atoms with van der Waals surface area (Å²) >= 11 is 0. The molecule has 0 radical (unpaired) electrons. The highest BCUT2D eigenvalue weighted by atomic mass is 16.2. The minimum Gasteiger partial charge on any atom is -0.368 e. The Balaban J connectivity index is 1.26. The summed E-state index contributed by atoms with van der Waals surface area (Å²) in [5, 5.41) is 9.04. The van der Waals surface area contributed by atoms with Gasteiger partial charge < -0.3 is 26.7 Å². The fourth-order valence-electron chi connectivity index (χ4n) is 4.71. The van der Waals surface area contributed by atoms with Crippen LogP contribution in [0, 0.1) is 0 Å². The number of nitrogens with one attached hydrogen (secondary N) is 4. The lowest BCUT2D eigenvalue weighted by Gasteiger charge is -2.21. The average molecular weight is 572 g/mol. The number of H-pyrrole nitrogens is 1. The van der Waals surface area contributed by atoms with Gasteiger partial charge in [-0.05, 0) is 29.2 Å². The molecule has 0 saturated heterocycles. The van der Waals surface area contributed by atoms with Crippen LogP contribution in [0.15, 0.2) is 79.5 Å². The monoisotopic (exact) mass is 571 g/mol. The second-order valence-corrected chi connectivity index (χ2v) is 10.2. The molecule has 0 bridgehead atoms. The molecule has 218 valence electrons. The Kier molecular flexibility index (Phi) is 9.99. The molecule has 42 heavy (non-hydrogen) atoms. The molecule has 11 nitrogen and oxygen atoms in total. The summed E-state index contributed by atoms with van der Waals surface area (Å²) in [4.78, 5) is 52.7. The van der Waals surface area contributed by atoms with E-state index in [2.05, 4.69) is 20.9 Å². The number of carbonyl (C=O) groups is 4. The first kappa shape index (κ1) is 29.9.